The number of imidazole rings is 1. The molecule has 0 aliphatic heterocycles. The third kappa shape index (κ3) is 2.55. The van der Waals surface area contributed by atoms with Crippen molar-refractivity contribution in [2.75, 3.05) is 0 Å². The summed E-state index contributed by atoms with van der Waals surface area (Å²) in [6.07, 6.45) is 2.23. The van der Waals surface area contributed by atoms with Crippen LogP contribution in [0.2, 0.25) is 0 Å². The molecule has 2 heterocycles. The van der Waals surface area contributed by atoms with Crippen LogP contribution < -0.4 is 5.32 Å². The number of hydrogen-bond donors (Lipinski definition) is 1. The molecule has 3 rings (SSSR count). The predicted octanol–water partition coefficient (Wildman–Crippen LogP) is 2.89. The van der Waals surface area contributed by atoms with Crippen LogP contribution in [-0.4, -0.2) is 25.8 Å². The van der Waals surface area contributed by atoms with E-state index in [0.29, 0.717) is 11.6 Å². The van der Waals surface area contributed by atoms with E-state index in [0.717, 1.165) is 12.8 Å². The lowest BCUT2D eigenvalue weighted by Gasteiger charge is -2.25. The molecule has 22 heavy (non-hydrogen) atoms. The largest absolute Gasteiger partial charge is 0.345 e. The Morgan fingerprint density at radius 1 is 1.45 bits per heavy atom. The molecule has 1 fully saturated rings. The maximum absolute atomic E-state index is 12.9. The first kappa shape index (κ1) is 14.9. The van der Waals surface area contributed by atoms with Crippen molar-refractivity contribution in [2.45, 2.75) is 45.6 Å². The second kappa shape index (κ2) is 5.00. The number of halogens is 2. The third-order valence-electron chi connectivity index (χ3n) is 4.17. The van der Waals surface area contributed by atoms with Crippen molar-refractivity contribution in [3.05, 3.63) is 29.5 Å². The zero-order valence-corrected chi connectivity index (χ0v) is 12.7. The van der Waals surface area contributed by atoms with Gasteiger partial charge in [0, 0.05) is 23.6 Å². The first-order valence-corrected chi connectivity index (χ1v) is 7.25. The van der Waals surface area contributed by atoms with Crippen LogP contribution in [0.3, 0.4) is 0 Å². The fourth-order valence-electron chi connectivity index (χ4n) is 2.64. The molecule has 7 heteroatoms. The normalized spacial score (nSPS) is 15.5. The fraction of sp³-hybridized carbons (Fsp3) is 0.533. The molecule has 0 spiro atoms. The molecule has 1 N–H and O–H groups in total. The zero-order valence-electron chi connectivity index (χ0n) is 12.7. The van der Waals surface area contributed by atoms with E-state index in [1.54, 1.807) is 6.92 Å². The van der Waals surface area contributed by atoms with Crippen LogP contribution >= 0.6 is 0 Å². The number of nitrogens with one attached hydrogen (secondary N) is 1. The highest BCUT2D eigenvalue weighted by atomic mass is 19.3. The summed E-state index contributed by atoms with van der Waals surface area (Å²) in [5, 5.41) is 2.94. The van der Waals surface area contributed by atoms with Crippen LogP contribution in [0.5, 0.6) is 0 Å². The number of amides is 1. The van der Waals surface area contributed by atoms with E-state index in [9.17, 15) is 13.6 Å². The highest BCUT2D eigenvalue weighted by Gasteiger charge is 2.39. The number of nitrogens with zero attached hydrogens (tertiary/aromatic N) is 3. The maximum Gasteiger partial charge on any atom is 0.281 e. The van der Waals surface area contributed by atoms with Gasteiger partial charge >= 0.3 is 0 Å². The van der Waals surface area contributed by atoms with Crippen molar-refractivity contribution in [2.24, 2.45) is 5.92 Å². The van der Waals surface area contributed by atoms with E-state index in [1.165, 1.54) is 16.8 Å². The van der Waals surface area contributed by atoms with Crippen molar-refractivity contribution < 1.29 is 13.6 Å². The molecular formula is C15H18F2N4O. The summed E-state index contributed by atoms with van der Waals surface area (Å²) >= 11 is 0. The first-order valence-electron chi connectivity index (χ1n) is 7.25. The van der Waals surface area contributed by atoms with Gasteiger partial charge in [0.05, 0.1) is 0 Å². The summed E-state index contributed by atoms with van der Waals surface area (Å²) < 4.78 is 27.2. The lowest BCUT2D eigenvalue weighted by Crippen LogP contribution is -2.45. The Kier molecular flexibility index (Phi) is 3.38. The maximum atomic E-state index is 12.9. The Hall–Kier alpha value is -2.05. The Bertz CT molecular complexity index is 734. The molecule has 0 atom stereocenters. The molecule has 5 nitrogen and oxygen atoms in total. The number of hydrogen-bond acceptors (Lipinski definition) is 3. The van der Waals surface area contributed by atoms with Gasteiger partial charge in [0.1, 0.15) is 5.69 Å². The van der Waals surface area contributed by atoms with Crippen molar-refractivity contribution in [1.29, 1.82) is 0 Å². The topological polar surface area (TPSA) is 59.3 Å². The number of alkyl halides is 2. The van der Waals surface area contributed by atoms with Gasteiger partial charge in [-0.15, -0.1) is 0 Å². The quantitative estimate of drug-likeness (QED) is 0.945. The highest BCUT2D eigenvalue weighted by molar-refractivity contribution is 5.98. The molecule has 0 radical (unpaired) electrons. The Morgan fingerprint density at radius 2 is 2.14 bits per heavy atom. The van der Waals surface area contributed by atoms with Gasteiger partial charge in [-0.3, -0.25) is 4.79 Å². The van der Waals surface area contributed by atoms with Gasteiger partial charge in [0.2, 0.25) is 0 Å². The van der Waals surface area contributed by atoms with Gasteiger partial charge in [0.15, 0.2) is 11.3 Å². The summed E-state index contributed by atoms with van der Waals surface area (Å²) in [4.78, 5) is 20.5. The standard InChI is InChI=1S/C15H18F2N4O/c1-8-6-18-11(13-19-10(12(16)17)7-21(8)13)14(22)20-15(2,3)9-4-5-9/h6-7,9,12H,4-5H2,1-3H3,(H,20,22). The van der Waals surface area contributed by atoms with E-state index >= 15 is 0 Å². The molecule has 1 saturated carbocycles. The van der Waals surface area contributed by atoms with Crippen LogP contribution in [0.25, 0.3) is 5.65 Å². The van der Waals surface area contributed by atoms with Gasteiger partial charge in [-0.25, -0.2) is 18.7 Å². The highest BCUT2D eigenvalue weighted by Crippen LogP contribution is 2.39. The summed E-state index contributed by atoms with van der Waals surface area (Å²) in [6, 6.07) is 0. The van der Waals surface area contributed by atoms with E-state index in [2.05, 4.69) is 15.3 Å². The van der Waals surface area contributed by atoms with E-state index in [4.69, 9.17) is 0 Å². The summed E-state index contributed by atoms with van der Waals surface area (Å²) in [5.74, 6) is 0.0719. The first-order chi connectivity index (χ1) is 10.3. The average molecular weight is 308 g/mol. The molecule has 0 bridgehead atoms. The molecule has 0 saturated heterocycles. The Labute approximate surface area is 126 Å². The van der Waals surface area contributed by atoms with Crippen LogP contribution in [0.1, 0.15) is 55.0 Å². The summed E-state index contributed by atoms with van der Waals surface area (Å²) in [7, 11) is 0. The van der Waals surface area contributed by atoms with Crippen LogP contribution in [-0.2, 0) is 0 Å². The van der Waals surface area contributed by atoms with Gasteiger partial charge < -0.3 is 9.72 Å². The Morgan fingerprint density at radius 3 is 2.73 bits per heavy atom. The average Bonchev–Trinajstić information content (AvgIpc) is 3.18. The number of aromatic nitrogens is 3. The van der Waals surface area contributed by atoms with Gasteiger partial charge in [0.25, 0.3) is 12.3 Å². The molecule has 1 aliphatic carbocycles. The lowest BCUT2D eigenvalue weighted by atomic mass is 9.98. The lowest BCUT2D eigenvalue weighted by molar-refractivity contribution is 0.0899. The van der Waals surface area contributed by atoms with Crippen LogP contribution in [0.4, 0.5) is 8.78 Å². The number of carbonyl (C=O) groups is 1. The van der Waals surface area contributed by atoms with E-state index < -0.39 is 6.43 Å². The third-order valence-corrected chi connectivity index (χ3v) is 4.17. The molecule has 118 valence electrons. The van der Waals surface area contributed by atoms with Crippen LogP contribution in [0.15, 0.2) is 12.4 Å². The fourth-order valence-corrected chi connectivity index (χ4v) is 2.64. The number of rotatable bonds is 4. The summed E-state index contributed by atoms with van der Waals surface area (Å²) in [5.41, 5.74) is 0.198. The van der Waals surface area contributed by atoms with Crippen molar-refractivity contribution in [3.8, 4) is 0 Å². The number of carbonyl (C=O) groups excluding carboxylic acids is 1. The predicted molar refractivity (Wildman–Crippen MR) is 77.0 cm³/mol. The SMILES string of the molecule is Cc1cnc(C(=O)NC(C)(C)C2CC2)c2nc(C(F)F)cn12. The van der Waals surface area contributed by atoms with Crippen molar-refractivity contribution in [1.82, 2.24) is 19.7 Å². The molecule has 0 unspecified atom stereocenters. The molecule has 2 aromatic rings. The minimum atomic E-state index is -2.68. The van der Waals surface area contributed by atoms with Gasteiger partial charge in [-0.05, 0) is 39.5 Å². The molecule has 2 aromatic heterocycles. The van der Waals surface area contributed by atoms with E-state index in [-0.39, 0.29) is 28.5 Å². The molecule has 0 aromatic carbocycles. The second-order valence-electron chi connectivity index (χ2n) is 6.36. The van der Waals surface area contributed by atoms with Gasteiger partial charge in [-0.1, -0.05) is 0 Å². The molecule has 1 aliphatic rings. The smallest absolute Gasteiger partial charge is 0.281 e. The molecule has 1 amide bonds. The van der Waals surface area contributed by atoms with Crippen molar-refractivity contribution in [3.63, 3.8) is 0 Å². The minimum Gasteiger partial charge on any atom is -0.345 e. The van der Waals surface area contributed by atoms with E-state index in [1.807, 2.05) is 13.8 Å². The zero-order chi connectivity index (χ0) is 16.1. The number of fused-ring (bicyclic) bond motifs is 1. The summed E-state index contributed by atoms with van der Waals surface area (Å²) in [6.45, 7) is 5.65. The van der Waals surface area contributed by atoms with Crippen molar-refractivity contribution >= 4 is 11.6 Å². The molecular weight excluding hydrogens is 290 g/mol. The monoisotopic (exact) mass is 308 g/mol. The Balaban J connectivity index is 1.99. The minimum absolute atomic E-state index is 0.0752. The van der Waals surface area contributed by atoms with Gasteiger partial charge in [-0.2, -0.15) is 0 Å². The van der Waals surface area contributed by atoms with Crippen LogP contribution in [0, 0.1) is 12.8 Å². The second-order valence-corrected chi connectivity index (χ2v) is 6.36. The number of aryl methyl sites for hydroxylation is 1.